The molecular weight excluding hydrogens is 289 g/mol. The van der Waals surface area contributed by atoms with Crippen molar-refractivity contribution in [1.29, 1.82) is 0 Å². The molecule has 2 aliphatic heterocycles. The maximum absolute atomic E-state index is 13.3. The van der Waals surface area contributed by atoms with Crippen LogP contribution in [0.3, 0.4) is 0 Å². The van der Waals surface area contributed by atoms with Gasteiger partial charge < -0.3 is 5.73 Å². The molecule has 2 unspecified atom stereocenters. The predicted octanol–water partition coefficient (Wildman–Crippen LogP) is 2.65. The van der Waals surface area contributed by atoms with Crippen molar-refractivity contribution in [2.45, 2.75) is 31.3 Å². The number of nitrogens with two attached hydrogens (primary N) is 1. The fraction of sp³-hybridized carbons (Fsp3) is 0.625. The molecule has 2 N–H and O–H groups in total. The Hall–Kier alpha value is -0.680. The summed E-state index contributed by atoms with van der Waals surface area (Å²) in [5, 5.41) is 0.183. The van der Waals surface area contributed by atoms with Gasteiger partial charge in [-0.1, -0.05) is 24.1 Å². The molecule has 2 saturated heterocycles. The number of halogens is 2. The van der Waals surface area contributed by atoms with Crippen molar-refractivity contribution in [2.24, 2.45) is 5.73 Å². The highest BCUT2D eigenvalue weighted by molar-refractivity contribution is 6.30. The summed E-state index contributed by atoms with van der Waals surface area (Å²) in [7, 11) is 0. The lowest BCUT2D eigenvalue weighted by atomic mass is 9.97. The van der Waals surface area contributed by atoms with Gasteiger partial charge in [0.15, 0.2) is 0 Å². The molecule has 2 fully saturated rings. The molecular formula is C16H23ClFN3. The summed E-state index contributed by atoms with van der Waals surface area (Å²) < 4.78 is 13.3. The first-order valence-electron chi connectivity index (χ1n) is 7.82. The summed E-state index contributed by atoms with van der Waals surface area (Å²) in [5.74, 6) is -0.367. The van der Waals surface area contributed by atoms with Gasteiger partial charge in [-0.3, -0.25) is 9.80 Å². The van der Waals surface area contributed by atoms with E-state index in [-0.39, 0.29) is 16.9 Å². The van der Waals surface area contributed by atoms with E-state index < -0.39 is 0 Å². The summed E-state index contributed by atoms with van der Waals surface area (Å²) in [6.45, 7) is 4.95. The highest BCUT2D eigenvalue weighted by Crippen LogP contribution is 2.29. The van der Waals surface area contributed by atoms with Gasteiger partial charge in [0.05, 0.1) is 5.02 Å². The molecule has 2 heterocycles. The lowest BCUT2D eigenvalue weighted by Gasteiger charge is -2.46. The Morgan fingerprint density at radius 2 is 2.14 bits per heavy atom. The largest absolute Gasteiger partial charge is 0.329 e. The van der Waals surface area contributed by atoms with Crippen molar-refractivity contribution in [3.05, 3.63) is 34.6 Å². The Balaban J connectivity index is 1.75. The zero-order valence-electron chi connectivity index (χ0n) is 12.3. The lowest BCUT2D eigenvalue weighted by molar-refractivity contribution is 0.0286. The quantitative estimate of drug-likeness (QED) is 0.931. The van der Waals surface area contributed by atoms with Crippen LogP contribution in [0, 0.1) is 5.82 Å². The second-order valence-corrected chi connectivity index (χ2v) is 6.51. The number of rotatable bonds is 3. The first-order chi connectivity index (χ1) is 10.2. The van der Waals surface area contributed by atoms with Gasteiger partial charge in [0.25, 0.3) is 0 Å². The van der Waals surface area contributed by atoms with Crippen LogP contribution in [0.1, 0.15) is 30.9 Å². The average Bonchev–Trinajstić information content (AvgIpc) is 2.51. The minimum Gasteiger partial charge on any atom is -0.329 e. The Labute approximate surface area is 130 Å². The fourth-order valence-corrected chi connectivity index (χ4v) is 3.87. The van der Waals surface area contributed by atoms with Crippen LogP contribution >= 0.6 is 11.6 Å². The van der Waals surface area contributed by atoms with Crippen LogP contribution in [-0.2, 0) is 0 Å². The Morgan fingerprint density at radius 3 is 2.90 bits per heavy atom. The van der Waals surface area contributed by atoms with Gasteiger partial charge in [-0.25, -0.2) is 4.39 Å². The smallest absolute Gasteiger partial charge is 0.141 e. The van der Waals surface area contributed by atoms with Gasteiger partial charge >= 0.3 is 0 Å². The van der Waals surface area contributed by atoms with E-state index >= 15 is 0 Å². The number of benzene rings is 1. The average molecular weight is 312 g/mol. The van der Waals surface area contributed by atoms with E-state index in [1.54, 1.807) is 6.07 Å². The van der Waals surface area contributed by atoms with E-state index in [1.165, 1.54) is 31.9 Å². The molecule has 2 atom stereocenters. The third-order valence-corrected chi connectivity index (χ3v) is 5.15. The van der Waals surface area contributed by atoms with Gasteiger partial charge in [0.2, 0.25) is 0 Å². The molecule has 0 saturated carbocycles. The van der Waals surface area contributed by atoms with Gasteiger partial charge in [-0.05, 0) is 37.1 Å². The van der Waals surface area contributed by atoms with Gasteiger partial charge in [-0.15, -0.1) is 0 Å². The molecule has 0 bridgehead atoms. The van der Waals surface area contributed by atoms with Gasteiger partial charge in [0.1, 0.15) is 5.82 Å². The summed E-state index contributed by atoms with van der Waals surface area (Å²) in [4.78, 5) is 5.04. The number of piperazine rings is 1. The van der Waals surface area contributed by atoms with Gasteiger partial charge in [-0.2, -0.15) is 0 Å². The van der Waals surface area contributed by atoms with Crippen molar-refractivity contribution in [1.82, 2.24) is 9.80 Å². The highest BCUT2D eigenvalue weighted by Gasteiger charge is 2.32. The van der Waals surface area contributed by atoms with E-state index in [1.807, 2.05) is 6.07 Å². The lowest BCUT2D eigenvalue weighted by Crippen LogP contribution is -2.56. The van der Waals surface area contributed by atoms with E-state index in [0.29, 0.717) is 12.6 Å². The fourth-order valence-electron chi connectivity index (χ4n) is 3.68. The zero-order valence-corrected chi connectivity index (χ0v) is 13.0. The zero-order chi connectivity index (χ0) is 14.8. The molecule has 0 radical (unpaired) electrons. The standard InChI is InChI=1S/C16H23ClFN3/c17-14-9-12(4-5-15(14)18)16(10-19)21-8-7-20-6-2-1-3-13(20)11-21/h4-5,9,13,16H,1-3,6-8,10-11,19H2. The minimum atomic E-state index is -0.367. The van der Waals surface area contributed by atoms with Crippen LogP contribution in [-0.4, -0.2) is 48.6 Å². The number of piperidine rings is 1. The molecule has 3 rings (SSSR count). The third kappa shape index (κ3) is 3.24. The minimum absolute atomic E-state index is 0.132. The summed E-state index contributed by atoms with van der Waals surface area (Å²) in [5.41, 5.74) is 7.02. The Kier molecular flexibility index (Phi) is 4.79. The molecule has 3 nitrogen and oxygen atoms in total. The van der Waals surface area contributed by atoms with Crippen LogP contribution in [0.2, 0.25) is 5.02 Å². The maximum atomic E-state index is 13.3. The third-order valence-electron chi connectivity index (χ3n) is 4.86. The van der Waals surface area contributed by atoms with Crippen LogP contribution < -0.4 is 5.73 Å². The molecule has 0 amide bonds. The van der Waals surface area contributed by atoms with Crippen molar-refractivity contribution < 1.29 is 4.39 Å². The Morgan fingerprint density at radius 1 is 1.29 bits per heavy atom. The Bertz CT molecular complexity index is 496. The summed E-state index contributed by atoms with van der Waals surface area (Å²) >= 11 is 5.92. The molecule has 1 aromatic carbocycles. The van der Waals surface area contributed by atoms with Crippen molar-refractivity contribution in [2.75, 3.05) is 32.7 Å². The molecule has 5 heteroatoms. The molecule has 21 heavy (non-hydrogen) atoms. The second-order valence-electron chi connectivity index (χ2n) is 6.11. The number of hydrogen-bond acceptors (Lipinski definition) is 3. The molecule has 0 aromatic heterocycles. The van der Waals surface area contributed by atoms with Crippen LogP contribution in [0.4, 0.5) is 4.39 Å². The van der Waals surface area contributed by atoms with Crippen molar-refractivity contribution in [3.63, 3.8) is 0 Å². The topological polar surface area (TPSA) is 32.5 Å². The van der Waals surface area contributed by atoms with E-state index in [9.17, 15) is 4.39 Å². The first-order valence-corrected chi connectivity index (χ1v) is 8.20. The summed E-state index contributed by atoms with van der Waals surface area (Å²) in [6, 6.07) is 5.76. The molecule has 2 aliphatic rings. The monoisotopic (exact) mass is 311 g/mol. The number of hydrogen-bond donors (Lipinski definition) is 1. The highest BCUT2D eigenvalue weighted by atomic mass is 35.5. The van der Waals surface area contributed by atoms with Crippen molar-refractivity contribution in [3.8, 4) is 0 Å². The van der Waals surface area contributed by atoms with Crippen LogP contribution in [0.25, 0.3) is 0 Å². The van der Waals surface area contributed by atoms with Crippen LogP contribution in [0.5, 0.6) is 0 Å². The van der Waals surface area contributed by atoms with Gasteiger partial charge in [0, 0.05) is 38.3 Å². The van der Waals surface area contributed by atoms with Crippen LogP contribution in [0.15, 0.2) is 18.2 Å². The summed E-state index contributed by atoms with van der Waals surface area (Å²) in [6.07, 6.45) is 3.92. The maximum Gasteiger partial charge on any atom is 0.141 e. The van der Waals surface area contributed by atoms with Crippen molar-refractivity contribution >= 4 is 11.6 Å². The van der Waals surface area contributed by atoms with E-state index in [2.05, 4.69) is 9.80 Å². The van der Waals surface area contributed by atoms with E-state index in [0.717, 1.165) is 25.2 Å². The number of nitrogens with zero attached hydrogens (tertiary/aromatic N) is 2. The molecule has 1 aromatic rings. The normalized spacial score (nSPS) is 25.6. The molecule has 0 spiro atoms. The first kappa shape index (κ1) is 15.2. The SMILES string of the molecule is NCC(c1ccc(F)c(Cl)c1)N1CCN2CCCCC2C1. The van der Waals surface area contributed by atoms with E-state index in [4.69, 9.17) is 17.3 Å². The molecule has 0 aliphatic carbocycles. The molecule has 116 valence electrons. The predicted molar refractivity (Wildman–Crippen MR) is 84.0 cm³/mol. The second kappa shape index (κ2) is 6.61. The number of fused-ring (bicyclic) bond motifs is 1.